The van der Waals surface area contributed by atoms with E-state index in [1.54, 1.807) is 0 Å². The predicted molar refractivity (Wildman–Crippen MR) is 187 cm³/mol. The number of hydrogen-bond acceptors (Lipinski definition) is 2. The van der Waals surface area contributed by atoms with E-state index in [1.165, 1.54) is 12.8 Å². The molecule has 0 radical (unpaired) electrons. The van der Waals surface area contributed by atoms with Crippen LogP contribution in [-0.4, -0.2) is 25.2 Å². The number of rotatable bonds is 14. The Kier molecular flexibility index (Phi) is 14.1. The normalized spacial score (nSPS) is 14.2. The van der Waals surface area contributed by atoms with Gasteiger partial charge >= 0.3 is 12.1 Å². The Bertz CT molecular complexity index is 980. The van der Waals surface area contributed by atoms with E-state index in [1.807, 2.05) is 26.8 Å². The Morgan fingerprint density at radius 2 is 0.953 bits per heavy atom. The van der Waals surface area contributed by atoms with Crippen molar-refractivity contribution in [3.63, 3.8) is 0 Å². The molecule has 2 unspecified atom stereocenters. The molecular weight excluding hydrogens is 532 g/mol. The first kappa shape index (κ1) is 38.8. The van der Waals surface area contributed by atoms with Crippen LogP contribution in [-0.2, 0) is 0 Å². The van der Waals surface area contributed by atoms with Crippen molar-refractivity contribution in [2.24, 2.45) is 33.5 Å². The molecule has 0 aliphatic heterocycles. The Morgan fingerprint density at radius 3 is 1.26 bits per heavy atom. The molecule has 4 N–H and O–H groups in total. The van der Waals surface area contributed by atoms with Crippen LogP contribution in [0, 0.1) is 54.3 Å². The summed E-state index contributed by atoms with van der Waals surface area (Å²) in [4.78, 5) is 25.7. The van der Waals surface area contributed by atoms with Gasteiger partial charge in [-0.2, -0.15) is 0 Å². The first-order valence-electron chi connectivity index (χ1n) is 16.6. The summed E-state index contributed by atoms with van der Waals surface area (Å²) >= 11 is 0. The van der Waals surface area contributed by atoms with Crippen LogP contribution in [0.5, 0.6) is 0 Å². The second-order valence-electron chi connectivity index (χ2n) is 17.6. The molecule has 0 fully saturated rings. The van der Waals surface area contributed by atoms with Crippen molar-refractivity contribution in [2.75, 3.05) is 23.7 Å². The van der Waals surface area contributed by atoms with E-state index < -0.39 is 0 Å². The van der Waals surface area contributed by atoms with Crippen LogP contribution >= 0.6 is 0 Å². The fourth-order valence-corrected chi connectivity index (χ4v) is 7.86. The zero-order chi connectivity index (χ0) is 33.4. The quantitative estimate of drug-likeness (QED) is 0.171. The molecule has 0 aromatic heterocycles. The third kappa shape index (κ3) is 15.9. The van der Waals surface area contributed by atoms with Gasteiger partial charge in [-0.25, -0.2) is 9.59 Å². The highest BCUT2D eigenvalue weighted by molar-refractivity contribution is 5.96. The van der Waals surface area contributed by atoms with E-state index in [9.17, 15) is 9.59 Å². The maximum absolute atomic E-state index is 12.8. The molecule has 6 heteroatoms. The summed E-state index contributed by atoms with van der Waals surface area (Å²) in [5.41, 5.74) is 5.44. The highest BCUT2D eigenvalue weighted by atomic mass is 16.2. The number of benzene rings is 1. The molecule has 0 aliphatic rings. The first-order valence-corrected chi connectivity index (χ1v) is 16.6. The van der Waals surface area contributed by atoms with Gasteiger partial charge in [-0.1, -0.05) is 89.2 Å². The third-order valence-corrected chi connectivity index (χ3v) is 8.11. The minimum atomic E-state index is -0.213. The van der Waals surface area contributed by atoms with Crippen LogP contribution in [0.4, 0.5) is 21.0 Å². The van der Waals surface area contributed by atoms with Gasteiger partial charge in [-0.05, 0) is 109 Å². The number of amides is 4. The molecule has 1 aromatic carbocycles. The van der Waals surface area contributed by atoms with Crippen molar-refractivity contribution < 1.29 is 9.59 Å². The standard InChI is InChI=1S/C37H68N4O2/c1-25(21-36(12,13)23-34(6,7)8)16-18-38-32(42)40-30-27(3)20-28(4)31(29(30)5)41-33(43)39-19-17-26(2)22-37(14,15)24-35(9,10)11/h20,25-26H,16-19,21-24H2,1-15H3,(H2,38,40,42)(H2,39,41,43). The number of hydrogen-bond donors (Lipinski definition) is 4. The monoisotopic (exact) mass is 601 g/mol. The fraction of sp³-hybridized carbons (Fsp3) is 0.784. The van der Waals surface area contributed by atoms with Gasteiger partial charge in [0.25, 0.3) is 0 Å². The van der Waals surface area contributed by atoms with Crippen LogP contribution in [0.25, 0.3) is 0 Å². The second-order valence-corrected chi connectivity index (χ2v) is 17.6. The van der Waals surface area contributed by atoms with E-state index in [2.05, 4.69) is 104 Å². The first-order chi connectivity index (χ1) is 19.4. The molecule has 43 heavy (non-hydrogen) atoms. The Balaban J connectivity index is 2.67. The molecule has 0 saturated carbocycles. The molecule has 1 rings (SSSR count). The van der Waals surface area contributed by atoms with Crippen molar-refractivity contribution >= 4 is 23.4 Å². The molecule has 0 aliphatic carbocycles. The second kappa shape index (κ2) is 15.7. The van der Waals surface area contributed by atoms with Crippen molar-refractivity contribution in [3.8, 4) is 0 Å². The van der Waals surface area contributed by atoms with E-state index >= 15 is 0 Å². The van der Waals surface area contributed by atoms with Gasteiger partial charge in [0.2, 0.25) is 0 Å². The highest BCUT2D eigenvalue weighted by Crippen LogP contribution is 2.39. The lowest BCUT2D eigenvalue weighted by molar-refractivity contribution is 0.171. The van der Waals surface area contributed by atoms with E-state index in [-0.39, 0.29) is 22.9 Å². The van der Waals surface area contributed by atoms with Gasteiger partial charge in [-0.15, -0.1) is 0 Å². The van der Waals surface area contributed by atoms with Crippen molar-refractivity contribution in [2.45, 2.75) is 142 Å². The predicted octanol–water partition coefficient (Wildman–Crippen LogP) is 10.6. The third-order valence-electron chi connectivity index (χ3n) is 8.11. The molecule has 6 nitrogen and oxygen atoms in total. The van der Waals surface area contributed by atoms with Crippen LogP contribution in [0.15, 0.2) is 6.07 Å². The van der Waals surface area contributed by atoms with Gasteiger partial charge in [0, 0.05) is 13.1 Å². The molecule has 1 aromatic rings. The number of urea groups is 2. The minimum Gasteiger partial charge on any atom is -0.338 e. The molecule has 0 saturated heterocycles. The molecular formula is C37H68N4O2. The number of nitrogens with one attached hydrogen (secondary N) is 4. The average molecular weight is 601 g/mol. The summed E-state index contributed by atoms with van der Waals surface area (Å²) in [6.45, 7) is 34.9. The SMILES string of the molecule is Cc1cc(C)c(NC(=O)NCCC(C)CC(C)(C)CC(C)(C)C)c(C)c1NC(=O)NCCC(C)CC(C)(C)CC(C)(C)C. The van der Waals surface area contributed by atoms with Gasteiger partial charge in [0.15, 0.2) is 0 Å². The Morgan fingerprint density at radius 1 is 0.628 bits per heavy atom. The minimum absolute atomic E-state index is 0.213. The lowest BCUT2D eigenvalue weighted by atomic mass is 9.71. The smallest absolute Gasteiger partial charge is 0.319 e. The molecule has 4 amide bonds. The molecule has 2 atom stereocenters. The van der Waals surface area contributed by atoms with Crippen LogP contribution in [0.3, 0.4) is 0 Å². The fourth-order valence-electron chi connectivity index (χ4n) is 7.86. The van der Waals surface area contributed by atoms with Gasteiger partial charge in [0.1, 0.15) is 0 Å². The Hall–Kier alpha value is -2.24. The van der Waals surface area contributed by atoms with Crippen molar-refractivity contribution in [1.82, 2.24) is 10.6 Å². The van der Waals surface area contributed by atoms with Crippen LogP contribution in [0.2, 0.25) is 0 Å². The van der Waals surface area contributed by atoms with Gasteiger partial charge in [-0.3, -0.25) is 0 Å². The Labute approximate surface area is 265 Å². The lowest BCUT2D eigenvalue weighted by Crippen LogP contribution is -2.33. The van der Waals surface area contributed by atoms with Crippen molar-refractivity contribution in [1.29, 1.82) is 0 Å². The largest absolute Gasteiger partial charge is 0.338 e. The number of aryl methyl sites for hydroxylation is 2. The number of carbonyl (C=O) groups excluding carboxylic acids is 2. The van der Waals surface area contributed by atoms with Gasteiger partial charge in [0.05, 0.1) is 11.4 Å². The van der Waals surface area contributed by atoms with E-state index in [0.717, 1.165) is 53.7 Å². The molecule has 0 bridgehead atoms. The van der Waals surface area contributed by atoms with Crippen LogP contribution < -0.4 is 21.3 Å². The summed E-state index contributed by atoms with van der Waals surface area (Å²) in [5.74, 6) is 1.04. The topological polar surface area (TPSA) is 82.3 Å². The molecule has 0 heterocycles. The highest BCUT2D eigenvalue weighted by Gasteiger charge is 2.28. The van der Waals surface area contributed by atoms with Crippen molar-refractivity contribution in [3.05, 3.63) is 22.8 Å². The maximum atomic E-state index is 12.8. The molecule has 0 spiro atoms. The lowest BCUT2D eigenvalue weighted by Gasteiger charge is -2.34. The number of anilines is 2. The summed E-state index contributed by atoms with van der Waals surface area (Å²) < 4.78 is 0. The van der Waals surface area contributed by atoms with Gasteiger partial charge < -0.3 is 21.3 Å². The summed E-state index contributed by atoms with van der Waals surface area (Å²) in [5, 5.41) is 12.2. The zero-order valence-electron chi connectivity index (χ0n) is 30.7. The summed E-state index contributed by atoms with van der Waals surface area (Å²) in [7, 11) is 0. The zero-order valence-corrected chi connectivity index (χ0v) is 30.7. The molecule has 248 valence electrons. The summed E-state index contributed by atoms with van der Waals surface area (Å²) in [6.07, 6.45) is 6.49. The number of carbonyl (C=O) groups is 2. The van der Waals surface area contributed by atoms with Crippen LogP contribution in [0.1, 0.15) is 138 Å². The average Bonchev–Trinajstić information content (AvgIpc) is 2.75. The van der Waals surface area contributed by atoms with E-state index in [0.29, 0.717) is 35.8 Å². The maximum Gasteiger partial charge on any atom is 0.319 e. The summed E-state index contributed by atoms with van der Waals surface area (Å²) in [6, 6.07) is 1.58. The van der Waals surface area contributed by atoms with E-state index in [4.69, 9.17) is 0 Å².